The molecule has 0 amide bonds. The number of benzene rings is 2. The molecule has 140 valence electrons. The Hall–Kier alpha value is -2.14. The Labute approximate surface area is 159 Å². The third kappa shape index (κ3) is 6.64. The van der Waals surface area contributed by atoms with E-state index in [-0.39, 0.29) is 11.7 Å². The molecule has 4 nitrogen and oxygen atoms in total. The van der Waals surface area contributed by atoms with Gasteiger partial charge in [0, 0.05) is 10.1 Å². The van der Waals surface area contributed by atoms with Crippen molar-refractivity contribution in [3.05, 3.63) is 54.1 Å². The highest BCUT2D eigenvalue weighted by molar-refractivity contribution is 8.00. The van der Waals surface area contributed by atoms with Crippen molar-refractivity contribution in [3.63, 3.8) is 0 Å². The number of hydrogen-bond acceptors (Lipinski definition) is 4. The van der Waals surface area contributed by atoms with Gasteiger partial charge in [-0.3, -0.25) is 4.79 Å². The van der Waals surface area contributed by atoms with E-state index in [2.05, 4.69) is 24.3 Å². The van der Waals surface area contributed by atoms with Crippen LogP contribution in [0.5, 0.6) is 11.5 Å². The van der Waals surface area contributed by atoms with Crippen LogP contribution in [-0.4, -0.2) is 30.5 Å². The lowest BCUT2D eigenvalue weighted by atomic mass is 10.1. The molecule has 1 atom stereocenters. The maximum atomic E-state index is 11.2. The lowest BCUT2D eigenvalue weighted by molar-refractivity contribution is -0.137. The highest BCUT2D eigenvalue weighted by Gasteiger charge is 2.16. The molecule has 2 aromatic rings. The summed E-state index contributed by atoms with van der Waals surface area (Å²) in [5.74, 6) is 0.580. The zero-order valence-corrected chi connectivity index (χ0v) is 16.1. The monoisotopic (exact) mass is 374 g/mol. The fourth-order valence-corrected chi connectivity index (χ4v) is 4.04. The molecular weight excluding hydrogens is 348 g/mol. The SMILES string of the molecule is COc1ccc(SC(CCCCc2ccccc2)CC(=O)O)cc1OC. The first-order valence-electron chi connectivity index (χ1n) is 8.76. The molecule has 0 aromatic heterocycles. The van der Waals surface area contributed by atoms with Gasteiger partial charge in [0.25, 0.3) is 0 Å². The van der Waals surface area contributed by atoms with Crippen LogP contribution < -0.4 is 9.47 Å². The lowest BCUT2D eigenvalue weighted by Gasteiger charge is -2.16. The maximum absolute atomic E-state index is 11.2. The van der Waals surface area contributed by atoms with E-state index in [0.717, 1.165) is 30.6 Å². The second-order valence-electron chi connectivity index (χ2n) is 6.09. The summed E-state index contributed by atoms with van der Waals surface area (Å²) in [7, 11) is 3.20. The van der Waals surface area contributed by atoms with Crippen LogP contribution in [0.1, 0.15) is 31.2 Å². The number of rotatable bonds is 11. The van der Waals surface area contributed by atoms with Crippen molar-refractivity contribution in [2.45, 2.75) is 42.2 Å². The second kappa shape index (κ2) is 10.8. The summed E-state index contributed by atoms with van der Waals surface area (Å²) in [4.78, 5) is 12.2. The van der Waals surface area contributed by atoms with Gasteiger partial charge < -0.3 is 14.6 Å². The molecular formula is C21H26O4S. The van der Waals surface area contributed by atoms with Gasteiger partial charge in [-0.1, -0.05) is 36.8 Å². The number of thioether (sulfide) groups is 1. The highest BCUT2D eigenvalue weighted by Crippen LogP contribution is 2.35. The summed E-state index contributed by atoms with van der Waals surface area (Å²) in [5, 5.41) is 9.26. The molecule has 5 heteroatoms. The summed E-state index contributed by atoms with van der Waals surface area (Å²) in [6.45, 7) is 0. The van der Waals surface area contributed by atoms with E-state index in [1.165, 1.54) is 5.56 Å². The molecule has 0 aliphatic heterocycles. The Morgan fingerprint density at radius 3 is 2.42 bits per heavy atom. The Bertz CT molecular complexity index is 688. The van der Waals surface area contributed by atoms with Crippen LogP contribution in [0.25, 0.3) is 0 Å². The Morgan fingerprint density at radius 1 is 1.04 bits per heavy atom. The predicted molar refractivity (Wildman–Crippen MR) is 105 cm³/mol. The van der Waals surface area contributed by atoms with Crippen molar-refractivity contribution >= 4 is 17.7 Å². The Kier molecular flexibility index (Phi) is 8.35. The first-order valence-corrected chi connectivity index (χ1v) is 9.64. The molecule has 26 heavy (non-hydrogen) atoms. The summed E-state index contributed by atoms with van der Waals surface area (Å²) >= 11 is 1.60. The van der Waals surface area contributed by atoms with Gasteiger partial charge in [0.1, 0.15) is 0 Å². The lowest BCUT2D eigenvalue weighted by Crippen LogP contribution is -2.10. The Balaban J connectivity index is 1.91. The fraction of sp³-hybridized carbons (Fsp3) is 0.381. The van der Waals surface area contributed by atoms with Gasteiger partial charge in [-0.05, 0) is 43.0 Å². The zero-order chi connectivity index (χ0) is 18.8. The van der Waals surface area contributed by atoms with Crippen LogP contribution in [0.2, 0.25) is 0 Å². The van der Waals surface area contributed by atoms with Gasteiger partial charge >= 0.3 is 5.97 Å². The van der Waals surface area contributed by atoms with Crippen LogP contribution in [0.15, 0.2) is 53.4 Å². The van der Waals surface area contributed by atoms with Gasteiger partial charge in [0.05, 0.1) is 20.6 Å². The fourth-order valence-electron chi connectivity index (χ4n) is 2.83. The van der Waals surface area contributed by atoms with Crippen molar-refractivity contribution < 1.29 is 19.4 Å². The van der Waals surface area contributed by atoms with E-state index in [1.54, 1.807) is 26.0 Å². The number of ether oxygens (including phenoxy) is 2. The molecule has 0 aliphatic carbocycles. The quantitative estimate of drug-likeness (QED) is 0.440. The van der Waals surface area contributed by atoms with Gasteiger partial charge in [0.15, 0.2) is 11.5 Å². The average molecular weight is 375 g/mol. The van der Waals surface area contributed by atoms with E-state index in [1.807, 2.05) is 24.3 Å². The highest BCUT2D eigenvalue weighted by atomic mass is 32.2. The van der Waals surface area contributed by atoms with Gasteiger partial charge in [-0.2, -0.15) is 0 Å². The van der Waals surface area contributed by atoms with Crippen molar-refractivity contribution in [2.75, 3.05) is 14.2 Å². The van der Waals surface area contributed by atoms with Crippen LogP contribution in [-0.2, 0) is 11.2 Å². The normalized spacial score (nSPS) is 11.8. The standard InChI is InChI=1S/C21H26O4S/c1-24-19-13-12-18(14-20(19)25-2)26-17(15-21(22)23)11-7-6-10-16-8-4-3-5-9-16/h3-5,8-9,12-14,17H,6-7,10-11,15H2,1-2H3,(H,22,23). The molecule has 0 bridgehead atoms. The molecule has 0 spiro atoms. The number of carboxylic acids is 1. The molecule has 0 saturated carbocycles. The summed E-state index contributed by atoms with van der Waals surface area (Å²) in [6, 6.07) is 16.1. The van der Waals surface area contributed by atoms with Gasteiger partial charge in [0.2, 0.25) is 0 Å². The smallest absolute Gasteiger partial charge is 0.304 e. The number of carbonyl (C=O) groups is 1. The third-order valence-electron chi connectivity index (χ3n) is 4.14. The van der Waals surface area contributed by atoms with Crippen LogP contribution in [0, 0.1) is 0 Å². The van der Waals surface area contributed by atoms with Gasteiger partial charge in [-0.25, -0.2) is 0 Å². The summed E-state index contributed by atoms with van der Waals surface area (Å²) in [5.41, 5.74) is 1.33. The van der Waals surface area contributed by atoms with Crippen molar-refractivity contribution in [3.8, 4) is 11.5 Å². The number of carboxylic acid groups (broad SMARTS) is 1. The third-order valence-corrected chi connectivity index (χ3v) is 5.41. The average Bonchev–Trinajstić information content (AvgIpc) is 2.65. The molecule has 0 aliphatic rings. The number of aryl methyl sites for hydroxylation is 1. The molecule has 0 fully saturated rings. The van der Waals surface area contributed by atoms with E-state index in [9.17, 15) is 9.90 Å². The molecule has 2 rings (SSSR count). The van der Waals surface area contributed by atoms with Crippen molar-refractivity contribution in [1.82, 2.24) is 0 Å². The predicted octanol–water partition coefficient (Wildman–Crippen LogP) is 5.05. The number of hydrogen-bond donors (Lipinski definition) is 1. The van der Waals surface area contributed by atoms with Gasteiger partial charge in [-0.15, -0.1) is 11.8 Å². The van der Waals surface area contributed by atoms with Crippen molar-refractivity contribution in [1.29, 1.82) is 0 Å². The minimum Gasteiger partial charge on any atom is -0.493 e. The van der Waals surface area contributed by atoms with E-state index >= 15 is 0 Å². The van der Waals surface area contributed by atoms with Crippen LogP contribution >= 0.6 is 11.8 Å². The first-order chi connectivity index (χ1) is 12.6. The van der Waals surface area contributed by atoms with E-state index in [4.69, 9.17) is 9.47 Å². The summed E-state index contributed by atoms with van der Waals surface area (Å²) in [6.07, 6.45) is 4.13. The first kappa shape index (κ1) is 20.2. The molecule has 2 aromatic carbocycles. The Morgan fingerprint density at radius 2 is 1.77 bits per heavy atom. The molecule has 1 N–H and O–H groups in total. The number of unbranched alkanes of at least 4 members (excludes halogenated alkanes) is 1. The maximum Gasteiger partial charge on any atom is 0.304 e. The number of aliphatic carboxylic acids is 1. The second-order valence-corrected chi connectivity index (χ2v) is 7.46. The molecule has 0 heterocycles. The molecule has 0 saturated heterocycles. The minimum absolute atomic E-state index is 0.0429. The van der Waals surface area contributed by atoms with E-state index in [0.29, 0.717) is 11.5 Å². The number of methoxy groups -OCH3 is 2. The zero-order valence-electron chi connectivity index (χ0n) is 15.3. The van der Waals surface area contributed by atoms with Crippen LogP contribution in [0.3, 0.4) is 0 Å². The summed E-state index contributed by atoms with van der Waals surface area (Å²) < 4.78 is 10.6. The largest absolute Gasteiger partial charge is 0.493 e. The van der Waals surface area contributed by atoms with Crippen LogP contribution in [0.4, 0.5) is 0 Å². The topological polar surface area (TPSA) is 55.8 Å². The minimum atomic E-state index is -0.758. The van der Waals surface area contributed by atoms with Crippen molar-refractivity contribution in [2.24, 2.45) is 0 Å². The molecule has 0 radical (unpaired) electrons. The van der Waals surface area contributed by atoms with E-state index < -0.39 is 5.97 Å². The molecule has 1 unspecified atom stereocenters.